The molecule has 3 heterocycles. The second-order valence-electron chi connectivity index (χ2n) is 6.36. The summed E-state index contributed by atoms with van der Waals surface area (Å²) in [6.07, 6.45) is 0.366. The number of fused-ring (bicyclic) bond motifs is 2. The molecule has 0 saturated heterocycles. The number of aryl methyl sites for hydroxylation is 2. The Bertz CT molecular complexity index is 1010. The van der Waals surface area contributed by atoms with Gasteiger partial charge in [-0.3, -0.25) is 9.89 Å². The van der Waals surface area contributed by atoms with Crippen LogP contribution in [0.15, 0.2) is 18.2 Å². The lowest BCUT2D eigenvalue weighted by molar-refractivity contribution is 0.0735. The normalized spacial score (nSPS) is 14.0. The summed E-state index contributed by atoms with van der Waals surface area (Å²) in [6, 6.07) is 3.92. The van der Waals surface area contributed by atoms with E-state index in [-0.39, 0.29) is 12.5 Å². The second-order valence-corrected chi connectivity index (χ2v) is 6.36. The molecule has 0 atom stereocenters. The summed E-state index contributed by atoms with van der Waals surface area (Å²) in [4.78, 5) is 19.0. The highest BCUT2D eigenvalue weighted by molar-refractivity contribution is 6.06. The number of nitrogens with one attached hydrogen (secondary N) is 1. The summed E-state index contributed by atoms with van der Waals surface area (Å²) in [5.74, 6) is -1.36. The van der Waals surface area contributed by atoms with Gasteiger partial charge in [0.1, 0.15) is 11.6 Å². The van der Waals surface area contributed by atoms with Gasteiger partial charge in [-0.15, -0.1) is 0 Å². The molecule has 128 valence electrons. The Morgan fingerprint density at radius 3 is 2.84 bits per heavy atom. The highest BCUT2D eigenvalue weighted by Gasteiger charge is 2.26. The Labute approximate surface area is 142 Å². The van der Waals surface area contributed by atoms with E-state index in [4.69, 9.17) is 0 Å². The molecule has 3 aromatic rings. The Morgan fingerprint density at radius 2 is 2.04 bits per heavy atom. The zero-order chi connectivity index (χ0) is 17.7. The van der Waals surface area contributed by atoms with Crippen molar-refractivity contribution in [1.29, 1.82) is 0 Å². The third-order valence-electron chi connectivity index (χ3n) is 4.60. The van der Waals surface area contributed by atoms with E-state index in [9.17, 15) is 13.6 Å². The molecule has 7 heteroatoms. The fourth-order valence-corrected chi connectivity index (χ4v) is 3.42. The highest BCUT2D eigenvalue weighted by Crippen LogP contribution is 2.27. The average molecular weight is 342 g/mol. The quantitative estimate of drug-likeness (QED) is 0.739. The number of aromatic nitrogens is 3. The molecule has 0 spiro atoms. The van der Waals surface area contributed by atoms with Crippen LogP contribution in [0, 0.1) is 25.5 Å². The molecule has 1 aliphatic heterocycles. The molecule has 1 amide bonds. The first kappa shape index (κ1) is 15.7. The van der Waals surface area contributed by atoms with E-state index in [1.165, 1.54) is 6.07 Å². The van der Waals surface area contributed by atoms with E-state index in [1.807, 2.05) is 6.92 Å². The molecule has 2 aromatic heterocycles. The Balaban J connectivity index is 1.74. The lowest BCUT2D eigenvalue weighted by atomic mass is 9.98. The van der Waals surface area contributed by atoms with Gasteiger partial charge in [0.2, 0.25) is 0 Å². The summed E-state index contributed by atoms with van der Waals surface area (Å²) in [6.45, 7) is 4.20. The number of benzene rings is 1. The van der Waals surface area contributed by atoms with Gasteiger partial charge in [-0.1, -0.05) is 0 Å². The van der Waals surface area contributed by atoms with Crippen molar-refractivity contribution in [2.75, 3.05) is 6.54 Å². The maximum Gasteiger partial charge on any atom is 0.255 e. The number of pyridine rings is 1. The van der Waals surface area contributed by atoms with E-state index in [1.54, 1.807) is 17.9 Å². The molecule has 1 aromatic carbocycles. The van der Waals surface area contributed by atoms with Crippen molar-refractivity contribution in [3.8, 4) is 0 Å². The molecule has 1 aliphatic rings. The summed E-state index contributed by atoms with van der Waals surface area (Å²) in [5.41, 5.74) is 3.46. The standard InChI is InChI=1S/C18H16F2N4O/c1-9-5-14(16-10(2)22-23-17(16)21-9)18(25)24-4-3-13-11(8-24)6-12(19)7-15(13)20/h5-7H,3-4,8H2,1-2H3,(H,21,22,23). The summed E-state index contributed by atoms with van der Waals surface area (Å²) in [5, 5.41) is 7.66. The molecule has 0 bridgehead atoms. The molecule has 0 unspecified atom stereocenters. The largest absolute Gasteiger partial charge is 0.334 e. The van der Waals surface area contributed by atoms with Crippen LogP contribution in [0.2, 0.25) is 0 Å². The number of carbonyl (C=O) groups is 1. The van der Waals surface area contributed by atoms with Gasteiger partial charge in [0.05, 0.1) is 10.9 Å². The molecule has 0 radical (unpaired) electrons. The molecule has 0 aliphatic carbocycles. The van der Waals surface area contributed by atoms with E-state index < -0.39 is 11.6 Å². The van der Waals surface area contributed by atoms with Crippen LogP contribution in [0.5, 0.6) is 0 Å². The highest BCUT2D eigenvalue weighted by atomic mass is 19.1. The predicted octanol–water partition coefficient (Wildman–Crippen LogP) is 3.05. The Hall–Kier alpha value is -2.83. The number of amides is 1. The Kier molecular flexibility index (Phi) is 3.52. The predicted molar refractivity (Wildman–Crippen MR) is 88.2 cm³/mol. The van der Waals surface area contributed by atoms with Gasteiger partial charge < -0.3 is 4.90 Å². The van der Waals surface area contributed by atoms with Crippen LogP contribution in [0.25, 0.3) is 11.0 Å². The monoisotopic (exact) mass is 342 g/mol. The first-order valence-electron chi connectivity index (χ1n) is 8.02. The average Bonchev–Trinajstić information content (AvgIpc) is 2.93. The summed E-state index contributed by atoms with van der Waals surface area (Å²) < 4.78 is 27.4. The van der Waals surface area contributed by atoms with E-state index in [2.05, 4.69) is 15.2 Å². The maximum absolute atomic E-state index is 13.9. The van der Waals surface area contributed by atoms with Crippen LogP contribution >= 0.6 is 0 Å². The lowest BCUT2D eigenvalue weighted by Crippen LogP contribution is -2.36. The van der Waals surface area contributed by atoms with E-state index >= 15 is 0 Å². The number of H-pyrrole nitrogens is 1. The lowest BCUT2D eigenvalue weighted by Gasteiger charge is -2.29. The summed E-state index contributed by atoms with van der Waals surface area (Å²) in [7, 11) is 0. The smallest absolute Gasteiger partial charge is 0.255 e. The number of hydrogen-bond acceptors (Lipinski definition) is 3. The van der Waals surface area contributed by atoms with Crippen molar-refractivity contribution in [3.63, 3.8) is 0 Å². The minimum atomic E-state index is -0.627. The van der Waals surface area contributed by atoms with Gasteiger partial charge in [0, 0.05) is 30.5 Å². The van der Waals surface area contributed by atoms with Gasteiger partial charge >= 0.3 is 0 Å². The Morgan fingerprint density at radius 1 is 1.24 bits per heavy atom. The van der Waals surface area contributed by atoms with Crippen LogP contribution in [0.4, 0.5) is 8.78 Å². The molecule has 5 nitrogen and oxygen atoms in total. The minimum absolute atomic E-state index is 0.183. The molecule has 4 rings (SSSR count). The molecule has 0 fully saturated rings. The van der Waals surface area contributed by atoms with E-state index in [0.29, 0.717) is 46.4 Å². The number of nitrogens with zero attached hydrogens (tertiary/aromatic N) is 3. The molecule has 1 N–H and O–H groups in total. The fourth-order valence-electron chi connectivity index (χ4n) is 3.42. The molecule has 0 saturated carbocycles. The minimum Gasteiger partial charge on any atom is -0.334 e. The molecular weight excluding hydrogens is 326 g/mol. The number of carbonyl (C=O) groups excluding carboxylic acids is 1. The van der Waals surface area contributed by atoms with Gasteiger partial charge in [-0.05, 0) is 43.5 Å². The second kappa shape index (κ2) is 5.61. The summed E-state index contributed by atoms with van der Waals surface area (Å²) >= 11 is 0. The number of rotatable bonds is 1. The van der Waals surface area contributed by atoms with Gasteiger partial charge in [-0.2, -0.15) is 5.10 Å². The van der Waals surface area contributed by atoms with Crippen molar-refractivity contribution in [2.45, 2.75) is 26.8 Å². The fraction of sp³-hybridized carbons (Fsp3) is 0.278. The first-order chi connectivity index (χ1) is 11.9. The third kappa shape index (κ3) is 2.56. The zero-order valence-electron chi connectivity index (χ0n) is 13.9. The van der Waals surface area contributed by atoms with Crippen molar-refractivity contribution in [2.24, 2.45) is 0 Å². The van der Waals surface area contributed by atoms with E-state index in [0.717, 1.165) is 11.8 Å². The number of hydrogen-bond donors (Lipinski definition) is 1. The van der Waals surface area contributed by atoms with Crippen molar-refractivity contribution < 1.29 is 13.6 Å². The number of aromatic amines is 1. The number of halogens is 2. The van der Waals surface area contributed by atoms with Crippen molar-refractivity contribution in [1.82, 2.24) is 20.1 Å². The maximum atomic E-state index is 13.9. The van der Waals surface area contributed by atoms with Gasteiger partial charge in [-0.25, -0.2) is 13.8 Å². The topological polar surface area (TPSA) is 61.9 Å². The zero-order valence-corrected chi connectivity index (χ0v) is 13.9. The van der Waals surface area contributed by atoms with Crippen molar-refractivity contribution in [3.05, 3.63) is 57.9 Å². The molecule has 25 heavy (non-hydrogen) atoms. The van der Waals surface area contributed by atoms with Crippen LogP contribution in [-0.2, 0) is 13.0 Å². The van der Waals surface area contributed by atoms with Crippen molar-refractivity contribution >= 4 is 16.9 Å². The SMILES string of the molecule is Cc1cc(C(=O)N2CCc3c(F)cc(F)cc3C2)c2c(C)[nH]nc2n1. The van der Waals surface area contributed by atoms with Crippen LogP contribution in [0.1, 0.15) is 32.9 Å². The van der Waals surface area contributed by atoms with Gasteiger partial charge in [0.15, 0.2) is 5.65 Å². The molecular formula is C18H16F2N4O. The van der Waals surface area contributed by atoms with Crippen LogP contribution in [-0.4, -0.2) is 32.5 Å². The van der Waals surface area contributed by atoms with Crippen LogP contribution < -0.4 is 0 Å². The van der Waals surface area contributed by atoms with Gasteiger partial charge in [0.25, 0.3) is 5.91 Å². The van der Waals surface area contributed by atoms with Crippen LogP contribution in [0.3, 0.4) is 0 Å². The third-order valence-corrected chi connectivity index (χ3v) is 4.60. The first-order valence-corrected chi connectivity index (χ1v) is 8.02.